The molecule has 1 aromatic heterocycles. The van der Waals surface area contributed by atoms with Crippen molar-refractivity contribution in [1.82, 2.24) is 15.2 Å². The number of urea groups is 1. The molecule has 0 bridgehead atoms. The van der Waals surface area contributed by atoms with E-state index in [1.807, 2.05) is 12.4 Å². The summed E-state index contributed by atoms with van der Waals surface area (Å²) in [5.74, 6) is 2.29. The van der Waals surface area contributed by atoms with Crippen LogP contribution in [0.25, 0.3) is 0 Å². The van der Waals surface area contributed by atoms with E-state index in [1.165, 1.54) is 37.8 Å². The van der Waals surface area contributed by atoms with Gasteiger partial charge in [0, 0.05) is 50.8 Å². The number of rotatable bonds is 4. The monoisotopic (exact) mass is 342 g/mol. The Kier molecular flexibility index (Phi) is 5.09. The Labute approximate surface area is 150 Å². The molecule has 0 aromatic carbocycles. The van der Waals surface area contributed by atoms with Crippen LogP contribution in [0.5, 0.6) is 0 Å². The van der Waals surface area contributed by atoms with Crippen molar-refractivity contribution in [2.45, 2.75) is 38.5 Å². The second-order valence-corrected chi connectivity index (χ2v) is 8.01. The summed E-state index contributed by atoms with van der Waals surface area (Å²) in [5.41, 5.74) is 1.28. The smallest absolute Gasteiger partial charge is 0.317 e. The Morgan fingerprint density at radius 2 is 1.76 bits per heavy atom. The van der Waals surface area contributed by atoms with Crippen LogP contribution in [0.2, 0.25) is 0 Å². The van der Waals surface area contributed by atoms with Crippen LogP contribution in [0.1, 0.15) is 38.5 Å². The van der Waals surface area contributed by atoms with E-state index in [0.717, 1.165) is 56.9 Å². The Hall–Kier alpha value is -1.78. The van der Waals surface area contributed by atoms with Crippen LogP contribution in [0.15, 0.2) is 24.5 Å². The van der Waals surface area contributed by atoms with Crippen molar-refractivity contribution < 1.29 is 4.79 Å². The van der Waals surface area contributed by atoms with Gasteiger partial charge in [-0.05, 0) is 62.0 Å². The summed E-state index contributed by atoms with van der Waals surface area (Å²) in [4.78, 5) is 20.9. The third kappa shape index (κ3) is 3.91. The summed E-state index contributed by atoms with van der Waals surface area (Å²) < 4.78 is 0. The summed E-state index contributed by atoms with van der Waals surface area (Å²) in [6.45, 7) is 5.02. The highest BCUT2D eigenvalue weighted by molar-refractivity contribution is 5.74. The fourth-order valence-electron chi connectivity index (χ4n) is 4.93. The predicted molar refractivity (Wildman–Crippen MR) is 99.6 cm³/mol. The fourth-order valence-corrected chi connectivity index (χ4v) is 4.93. The van der Waals surface area contributed by atoms with Crippen LogP contribution < -0.4 is 10.2 Å². The number of amides is 2. The minimum Gasteiger partial charge on any atom is -0.371 e. The first kappa shape index (κ1) is 16.7. The van der Waals surface area contributed by atoms with E-state index in [4.69, 9.17) is 0 Å². The van der Waals surface area contributed by atoms with Gasteiger partial charge in [-0.2, -0.15) is 0 Å². The van der Waals surface area contributed by atoms with Gasteiger partial charge in [0.25, 0.3) is 0 Å². The zero-order valence-electron chi connectivity index (χ0n) is 15.1. The van der Waals surface area contributed by atoms with Gasteiger partial charge < -0.3 is 15.1 Å². The summed E-state index contributed by atoms with van der Waals surface area (Å²) in [7, 11) is 0. The molecular formula is C20H30N4O. The maximum Gasteiger partial charge on any atom is 0.317 e. The van der Waals surface area contributed by atoms with Gasteiger partial charge in [-0.3, -0.25) is 4.98 Å². The van der Waals surface area contributed by atoms with Crippen molar-refractivity contribution in [1.29, 1.82) is 0 Å². The summed E-state index contributed by atoms with van der Waals surface area (Å²) in [6.07, 6.45) is 11.3. The first-order valence-corrected chi connectivity index (χ1v) is 9.97. The molecule has 1 aliphatic carbocycles. The van der Waals surface area contributed by atoms with Gasteiger partial charge in [0.1, 0.15) is 0 Å². The molecular weight excluding hydrogens is 312 g/mol. The van der Waals surface area contributed by atoms with Crippen molar-refractivity contribution >= 4 is 11.7 Å². The van der Waals surface area contributed by atoms with E-state index < -0.39 is 0 Å². The second-order valence-electron chi connectivity index (χ2n) is 8.01. The van der Waals surface area contributed by atoms with Gasteiger partial charge in [0.15, 0.2) is 0 Å². The number of anilines is 1. The number of nitrogens with zero attached hydrogens (tertiary/aromatic N) is 3. The standard InChI is InChI=1S/C20H30N4O/c25-20(24-14-17-2-1-3-18(17)15-24)22-11-4-16-7-12-23(13-8-16)19-5-9-21-10-6-19/h5-6,9-10,16-18H,1-4,7-8,11-15H2,(H,22,25)/t17-,18-/m1/s1. The lowest BCUT2D eigenvalue weighted by atomic mass is 9.93. The van der Waals surface area contributed by atoms with E-state index in [1.54, 1.807) is 0 Å². The maximum atomic E-state index is 12.4. The Morgan fingerprint density at radius 1 is 1.08 bits per heavy atom. The highest BCUT2D eigenvalue weighted by atomic mass is 16.2. The number of hydrogen-bond acceptors (Lipinski definition) is 3. The highest BCUT2D eigenvalue weighted by Crippen LogP contribution is 2.37. The van der Waals surface area contributed by atoms with E-state index in [0.29, 0.717) is 0 Å². The lowest BCUT2D eigenvalue weighted by Crippen LogP contribution is -2.40. The zero-order chi connectivity index (χ0) is 17.1. The molecule has 1 N–H and O–H groups in total. The highest BCUT2D eigenvalue weighted by Gasteiger charge is 2.37. The number of pyridine rings is 1. The number of piperidine rings is 1. The van der Waals surface area contributed by atoms with Gasteiger partial charge >= 0.3 is 6.03 Å². The van der Waals surface area contributed by atoms with Gasteiger partial charge in [-0.15, -0.1) is 0 Å². The van der Waals surface area contributed by atoms with Crippen LogP contribution in [0.4, 0.5) is 10.5 Å². The lowest BCUT2D eigenvalue weighted by molar-refractivity contribution is 0.204. The third-order valence-electron chi connectivity index (χ3n) is 6.48. The number of carbonyl (C=O) groups excluding carboxylic acids is 1. The van der Waals surface area contributed by atoms with Crippen molar-refractivity contribution in [3.8, 4) is 0 Å². The van der Waals surface area contributed by atoms with Gasteiger partial charge in [0.05, 0.1) is 0 Å². The van der Waals surface area contributed by atoms with Crippen LogP contribution in [-0.4, -0.2) is 48.6 Å². The molecule has 4 rings (SSSR count). The van der Waals surface area contributed by atoms with Gasteiger partial charge in [-0.1, -0.05) is 6.42 Å². The molecule has 2 amide bonds. The molecule has 2 saturated heterocycles. The molecule has 0 unspecified atom stereocenters. The number of carbonyl (C=O) groups is 1. The fraction of sp³-hybridized carbons (Fsp3) is 0.700. The molecule has 1 aromatic rings. The SMILES string of the molecule is O=C(NCCC1CCN(c2ccncc2)CC1)N1C[C@H]2CCC[C@@H]2C1. The molecule has 3 heterocycles. The lowest BCUT2D eigenvalue weighted by Gasteiger charge is -2.33. The Balaban J connectivity index is 1.15. The molecule has 1 saturated carbocycles. The summed E-state index contributed by atoms with van der Waals surface area (Å²) >= 11 is 0. The third-order valence-corrected chi connectivity index (χ3v) is 6.48. The molecule has 5 nitrogen and oxygen atoms in total. The van der Waals surface area contributed by atoms with Gasteiger partial charge in [0.2, 0.25) is 0 Å². The average molecular weight is 342 g/mol. The molecule has 0 spiro atoms. The predicted octanol–water partition coefficient (Wildman–Crippen LogP) is 3.13. The molecule has 2 aliphatic heterocycles. The molecule has 0 radical (unpaired) electrons. The van der Waals surface area contributed by atoms with Crippen molar-refractivity contribution in [3.05, 3.63) is 24.5 Å². The van der Waals surface area contributed by atoms with E-state index in [2.05, 4.69) is 32.2 Å². The van der Waals surface area contributed by atoms with Crippen molar-refractivity contribution in [2.75, 3.05) is 37.6 Å². The number of nitrogens with one attached hydrogen (secondary N) is 1. The molecule has 3 aliphatic rings. The number of likely N-dealkylation sites (tertiary alicyclic amines) is 1. The zero-order valence-corrected chi connectivity index (χ0v) is 15.1. The van der Waals surface area contributed by atoms with Gasteiger partial charge in [-0.25, -0.2) is 4.79 Å². The minimum atomic E-state index is 0.170. The Morgan fingerprint density at radius 3 is 2.44 bits per heavy atom. The van der Waals surface area contributed by atoms with E-state index in [-0.39, 0.29) is 6.03 Å². The summed E-state index contributed by atoms with van der Waals surface area (Å²) in [5, 5.41) is 3.17. The first-order valence-electron chi connectivity index (χ1n) is 9.97. The second kappa shape index (κ2) is 7.63. The van der Waals surface area contributed by atoms with E-state index >= 15 is 0 Å². The molecule has 3 fully saturated rings. The van der Waals surface area contributed by atoms with Crippen LogP contribution in [0.3, 0.4) is 0 Å². The van der Waals surface area contributed by atoms with E-state index in [9.17, 15) is 4.79 Å². The number of hydrogen-bond donors (Lipinski definition) is 1. The quantitative estimate of drug-likeness (QED) is 0.914. The minimum absolute atomic E-state index is 0.170. The number of fused-ring (bicyclic) bond motifs is 1. The van der Waals surface area contributed by atoms with Crippen molar-refractivity contribution in [3.63, 3.8) is 0 Å². The normalized spacial score (nSPS) is 26.7. The van der Waals surface area contributed by atoms with Crippen LogP contribution >= 0.6 is 0 Å². The summed E-state index contributed by atoms with van der Waals surface area (Å²) in [6, 6.07) is 4.35. The first-order chi connectivity index (χ1) is 12.3. The molecule has 2 atom stereocenters. The average Bonchev–Trinajstić information content (AvgIpc) is 3.25. The largest absolute Gasteiger partial charge is 0.371 e. The number of aromatic nitrogens is 1. The van der Waals surface area contributed by atoms with Crippen LogP contribution in [-0.2, 0) is 0 Å². The topological polar surface area (TPSA) is 48.5 Å². The molecule has 25 heavy (non-hydrogen) atoms. The molecule has 136 valence electrons. The Bertz CT molecular complexity index is 558. The van der Waals surface area contributed by atoms with Crippen LogP contribution in [0, 0.1) is 17.8 Å². The molecule has 5 heteroatoms. The van der Waals surface area contributed by atoms with Crippen molar-refractivity contribution in [2.24, 2.45) is 17.8 Å². The maximum absolute atomic E-state index is 12.4.